The summed E-state index contributed by atoms with van der Waals surface area (Å²) in [6, 6.07) is 9.64. The van der Waals surface area contributed by atoms with Gasteiger partial charge in [-0.1, -0.05) is 39.7 Å². The fourth-order valence-electron chi connectivity index (χ4n) is 3.05. The molecule has 0 amide bonds. The standard InChI is InChI=1S/C16H15BrClNO/c1-16(20,12-7-5-11(17)9-14(12)18)13-6-4-10-3-2-8-19-15(10)13/h2-3,5,7-9,13,20H,4,6H2,1H3. The fraction of sp³-hybridized carbons (Fsp3) is 0.312. The van der Waals surface area contributed by atoms with Gasteiger partial charge in [0.2, 0.25) is 0 Å². The summed E-state index contributed by atoms with van der Waals surface area (Å²) in [6.45, 7) is 1.83. The molecular formula is C16H15BrClNO. The summed E-state index contributed by atoms with van der Waals surface area (Å²) in [7, 11) is 0. The number of fused-ring (bicyclic) bond motifs is 1. The number of benzene rings is 1. The fourth-order valence-corrected chi connectivity index (χ4v) is 3.91. The zero-order valence-electron chi connectivity index (χ0n) is 11.1. The van der Waals surface area contributed by atoms with Crippen LogP contribution in [0.4, 0.5) is 0 Å². The molecule has 2 nitrogen and oxygen atoms in total. The molecule has 2 unspecified atom stereocenters. The van der Waals surface area contributed by atoms with Crippen LogP contribution in [0.5, 0.6) is 0 Å². The molecule has 0 fully saturated rings. The van der Waals surface area contributed by atoms with Crippen molar-refractivity contribution in [2.45, 2.75) is 31.3 Å². The summed E-state index contributed by atoms with van der Waals surface area (Å²) in [5, 5.41) is 11.6. The quantitative estimate of drug-likeness (QED) is 0.867. The lowest BCUT2D eigenvalue weighted by Gasteiger charge is -2.31. The number of rotatable bonds is 2. The molecule has 0 bridgehead atoms. The van der Waals surface area contributed by atoms with Crippen molar-refractivity contribution in [1.29, 1.82) is 0 Å². The van der Waals surface area contributed by atoms with Gasteiger partial charge in [0, 0.05) is 32.9 Å². The number of aliphatic hydroxyl groups is 1. The molecule has 3 rings (SSSR count). The van der Waals surface area contributed by atoms with E-state index in [0.717, 1.165) is 28.6 Å². The highest BCUT2D eigenvalue weighted by Crippen LogP contribution is 2.46. The van der Waals surface area contributed by atoms with Gasteiger partial charge in [-0.2, -0.15) is 0 Å². The monoisotopic (exact) mass is 351 g/mol. The van der Waals surface area contributed by atoms with Crippen LogP contribution in [0.3, 0.4) is 0 Å². The van der Waals surface area contributed by atoms with Crippen molar-refractivity contribution >= 4 is 27.5 Å². The maximum absolute atomic E-state index is 11.1. The Bertz CT molecular complexity index is 657. The molecule has 0 spiro atoms. The predicted octanol–water partition coefficient (Wildman–Crippen LogP) is 4.44. The number of hydrogen-bond donors (Lipinski definition) is 1. The van der Waals surface area contributed by atoms with Crippen LogP contribution in [-0.4, -0.2) is 10.1 Å². The van der Waals surface area contributed by atoms with E-state index in [4.69, 9.17) is 11.6 Å². The molecular weight excluding hydrogens is 338 g/mol. The van der Waals surface area contributed by atoms with Crippen LogP contribution in [0, 0.1) is 0 Å². The molecule has 1 heterocycles. The minimum Gasteiger partial charge on any atom is -0.385 e. The van der Waals surface area contributed by atoms with Gasteiger partial charge < -0.3 is 5.11 Å². The van der Waals surface area contributed by atoms with Gasteiger partial charge in [0.15, 0.2) is 0 Å². The first-order valence-electron chi connectivity index (χ1n) is 6.62. The largest absolute Gasteiger partial charge is 0.385 e. The number of halogens is 2. The molecule has 2 aromatic rings. The Labute approximate surface area is 131 Å². The first-order valence-corrected chi connectivity index (χ1v) is 7.79. The van der Waals surface area contributed by atoms with E-state index in [-0.39, 0.29) is 5.92 Å². The van der Waals surface area contributed by atoms with Gasteiger partial charge >= 0.3 is 0 Å². The lowest BCUT2D eigenvalue weighted by Crippen LogP contribution is -2.29. The van der Waals surface area contributed by atoms with Crippen molar-refractivity contribution in [3.63, 3.8) is 0 Å². The van der Waals surface area contributed by atoms with E-state index >= 15 is 0 Å². The van der Waals surface area contributed by atoms with Crippen LogP contribution in [0.2, 0.25) is 5.02 Å². The van der Waals surface area contributed by atoms with Gasteiger partial charge in [-0.25, -0.2) is 0 Å². The van der Waals surface area contributed by atoms with Gasteiger partial charge in [0.1, 0.15) is 0 Å². The van der Waals surface area contributed by atoms with Crippen molar-refractivity contribution < 1.29 is 5.11 Å². The zero-order chi connectivity index (χ0) is 14.3. The average Bonchev–Trinajstić information content (AvgIpc) is 2.82. The van der Waals surface area contributed by atoms with E-state index < -0.39 is 5.60 Å². The highest BCUT2D eigenvalue weighted by atomic mass is 79.9. The van der Waals surface area contributed by atoms with Crippen molar-refractivity contribution in [3.8, 4) is 0 Å². The number of aromatic nitrogens is 1. The maximum Gasteiger partial charge on any atom is 0.0966 e. The maximum atomic E-state index is 11.1. The van der Waals surface area contributed by atoms with E-state index in [0.29, 0.717) is 5.02 Å². The molecule has 4 heteroatoms. The normalized spacial score (nSPS) is 20.5. The molecule has 0 saturated carbocycles. The van der Waals surface area contributed by atoms with E-state index in [9.17, 15) is 5.11 Å². The molecule has 1 aliphatic rings. The molecule has 1 N–H and O–H groups in total. The van der Waals surface area contributed by atoms with Crippen LogP contribution in [0.25, 0.3) is 0 Å². The average molecular weight is 353 g/mol. The second-order valence-electron chi connectivity index (χ2n) is 5.41. The summed E-state index contributed by atoms with van der Waals surface area (Å²) >= 11 is 9.70. The number of hydrogen-bond acceptors (Lipinski definition) is 2. The third-order valence-corrected chi connectivity index (χ3v) is 4.92. The lowest BCUT2D eigenvalue weighted by atomic mass is 9.81. The summed E-state index contributed by atoms with van der Waals surface area (Å²) in [6.07, 6.45) is 3.64. The van der Waals surface area contributed by atoms with Gasteiger partial charge in [0.25, 0.3) is 0 Å². The first kappa shape index (κ1) is 14.1. The van der Waals surface area contributed by atoms with Crippen LogP contribution in [0.1, 0.15) is 36.1 Å². The predicted molar refractivity (Wildman–Crippen MR) is 84.0 cm³/mol. The Morgan fingerprint density at radius 1 is 1.40 bits per heavy atom. The third-order valence-electron chi connectivity index (χ3n) is 4.11. The molecule has 1 aromatic carbocycles. The van der Waals surface area contributed by atoms with Crippen LogP contribution < -0.4 is 0 Å². The highest BCUT2D eigenvalue weighted by molar-refractivity contribution is 9.10. The number of aryl methyl sites for hydroxylation is 1. The Morgan fingerprint density at radius 3 is 2.95 bits per heavy atom. The van der Waals surface area contributed by atoms with Crippen molar-refractivity contribution in [1.82, 2.24) is 4.98 Å². The Balaban J connectivity index is 2.05. The molecule has 0 saturated heterocycles. The van der Waals surface area contributed by atoms with Crippen LogP contribution in [0.15, 0.2) is 41.0 Å². The minimum atomic E-state index is -1.02. The summed E-state index contributed by atoms with van der Waals surface area (Å²) in [5.41, 5.74) is 1.96. The van der Waals surface area contributed by atoms with Crippen molar-refractivity contribution in [3.05, 3.63) is 62.8 Å². The second kappa shape index (κ2) is 5.14. The summed E-state index contributed by atoms with van der Waals surface area (Å²) in [5.74, 6) is -0.0163. The Kier molecular flexibility index (Phi) is 3.61. The van der Waals surface area contributed by atoms with E-state index in [1.54, 1.807) is 6.20 Å². The SMILES string of the molecule is CC(O)(c1ccc(Br)cc1Cl)C1CCc2cccnc21. The Morgan fingerprint density at radius 2 is 2.20 bits per heavy atom. The lowest BCUT2D eigenvalue weighted by molar-refractivity contribution is 0.0257. The van der Waals surface area contributed by atoms with Gasteiger partial charge in [-0.05, 0) is 43.5 Å². The van der Waals surface area contributed by atoms with Crippen molar-refractivity contribution in [2.24, 2.45) is 0 Å². The molecule has 1 aromatic heterocycles. The number of nitrogens with zero attached hydrogens (tertiary/aromatic N) is 1. The summed E-state index contributed by atoms with van der Waals surface area (Å²) < 4.78 is 0.909. The van der Waals surface area contributed by atoms with E-state index in [1.165, 1.54) is 5.56 Å². The van der Waals surface area contributed by atoms with E-state index in [2.05, 4.69) is 27.0 Å². The Hall–Kier alpha value is -0.900. The topological polar surface area (TPSA) is 33.1 Å². The molecule has 0 radical (unpaired) electrons. The molecule has 104 valence electrons. The van der Waals surface area contributed by atoms with Crippen molar-refractivity contribution in [2.75, 3.05) is 0 Å². The molecule has 0 aliphatic heterocycles. The number of pyridine rings is 1. The van der Waals surface area contributed by atoms with Gasteiger partial charge in [-0.3, -0.25) is 4.98 Å². The van der Waals surface area contributed by atoms with Crippen LogP contribution in [-0.2, 0) is 12.0 Å². The summed E-state index contributed by atoms with van der Waals surface area (Å²) in [4.78, 5) is 4.47. The smallest absolute Gasteiger partial charge is 0.0966 e. The minimum absolute atomic E-state index is 0.0163. The zero-order valence-corrected chi connectivity index (χ0v) is 13.4. The first-order chi connectivity index (χ1) is 9.50. The van der Waals surface area contributed by atoms with Gasteiger partial charge in [0.05, 0.1) is 5.60 Å². The van der Waals surface area contributed by atoms with Crippen LogP contribution >= 0.6 is 27.5 Å². The third kappa shape index (κ3) is 2.28. The molecule has 1 aliphatic carbocycles. The second-order valence-corrected chi connectivity index (χ2v) is 6.73. The highest BCUT2D eigenvalue weighted by Gasteiger charge is 2.40. The molecule has 20 heavy (non-hydrogen) atoms. The van der Waals surface area contributed by atoms with E-state index in [1.807, 2.05) is 31.2 Å². The molecule has 2 atom stereocenters. The van der Waals surface area contributed by atoms with Gasteiger partial charge in [-0.15, -0.1) is 0 Å².